The molecular formula is C12H20N4O2. The van der Waals surface area contributed by atoms with E-state index in [9.17, 15) is 4.79 Å². The molecule has 1 aliphatic heterocycles. The number of hydrogen-bond acceptors (Lipinski definition) is 3. The number of carbonyl (C=O) groups is 1. The lowest BCUT2D eigenvalue weighted by atomic mass is 10.3. The molecule has 0 bridgehead atoms. The van der Waals surface area contributed by atoms with E-state index in [-0.39, 0.29) is 18.1 Å². The third-order valence-corrected chi connectivity index (χ3v) is 2.85. The van der Waals surface area contributed by atoms with Crippen molar-refractivity contribution in [3.8, 4) is 0 Å². The first-order valence-electron chi connectivity index (χ1n) is 6.27. The molecule has 0 aromatic carbocycles. The van der Waals surface area contributed by atoms with Crippen LogP contribution in [0.15, 0.2) is 6.07 Å². The molecule has 1 aromatic rings. The number of nitrogens with one attached hydrogen (secondary N) is 2. The summed E-state index contributed by atoms with van der Waals surface area (Å²) in [5, 5.41) is 10.1. The van der Waals surface area contributed by atoms with E-state index >= 15 is 0 Å². The van der Waals surface area contributed by atoms with Crippen molar-refractivity contribution in [3.05, 3.63) is 11.8 Å². The van der Waals surface area contributed by atoms with Crippen LogP contribution < -0.4 is 10.6 Å². The van der Waals surface area contributed by atoms with E-state index in [1.165, 1.54) is 0 Å². The average molecular weight is 252 g/mol. The quantitative estimate of drug-likeness (QED) is 0.860. The van der Waals surface area contributed by atoms with Gasteiger partial charge >= 0.3 is 6.03 Å². The summed E-state index contributed by atoms with van der Waals surface area (Å²) in [7, 11) is 0. The van der Waals surface area contributed by atoms with Crippen LogP contribution in [0.4, 0.5) is 10.6 Å². The van der Waals surface area contributed by atoms with Crippen molar-refractivity contribution in [1.82, 2.24) is 15.1 Å². The topological polar surface area (TPSA) is 68.2 Å². The fraction of sp³-hybridized carbons (Fsp3) is 0.667. The number of aromatic nitrogens is 2. The summed E-state index contributed by atoms with van der Waals surface area (Å²) in [4.78, 5) is 11.8. The van der Waals surface area contributed by atoms with Crippen LogP contribution in [0.3, 0.4) is 0 Å². The SMILES string of the molecule is Cc1cc(NC(=O)NC2CCOC2)n(C(C)C)n1. The predicted octanol–water partition coefficient (Wildman–Crippen LogP) is 1.68. The Hall–Kier alpha value is -1.56. The average Bonchev–Trinajstić information content (AvgIpc) is 2.88. The van der Waals surface area contributed by atoms with Crippen molar-refractivity contribution in [2.24, 2.45) is 0 Å². The minimum Gasteiger partial charge on any atom is -0.379 e. The molecule has 1 saturated heterocycles. The molecule has 0 aliphatic carbocycles. The maximum atomic E-state index is 11.8. The lowest BCUT2D eigenvalue weighted by Gasteiger charge is -2.14. The first kappa shape index (κ1) is 12.9. The Kier molecular flexibility index (Phi) is 3.86. The third kappa shape index (κ3) is 3.01. The van der Waals surface area contributed by atoms with Crippen LogP contribution in [-0.2, 0) is 4.74 Å². The van der Waals surface area contributed by atoms with Crippen LogP contribution in [0.25, 0.3) is 0 Å². The van der Waals surface area contributed by atoms with E-state index in [0.29, 0.717) is 13.2 Å². The highest BCUT2D eigenvalue weighted by Gasteiger charge is 2.18. The van der Waals surface area contributed by atoms with E-state index in [2.05, 4.69) is 15.7 Å². The minimum atomic E-state index is -0.202. The first-order chi connectivity index (χ1) is 8.56. The maximum Gasteiger partial charge on any atom is 0.320 e. The van der Waals surface area contributed by atoms with Gasteiger partial charge in [-0.3, -0.25) is 5.32 Å². The second-order valence-corrected chi connectivity index (χ2v) is 4.87. The fourth-order valence-corrected chi connectivity index (χ4v) is 1.99. The molecule has 18 heavy (non-hydrogen) atoms. The molecule has 0 saturated carbocycles. The number of anilines is 1. The molecule has 100 valence electrons. The number of aryl methyl sites for hydroxylation is 1. The lowest BCUT2D eigenvalue weighted by Crippen LogP contribution is -2.38. The van der Waals surface area contributed by atoms with Gasteiger partial charge in [0.15, 0.2) is 0 Å². The molecule has 1 unspecified atom stereocenters. The Balaban J connectivity index is 1.97. The van der Waals surface area contributed by atoms with Crippen molar-refractivity contribution in [1.29, 1.82) is 0 Å². The second-order valence-electron chi connectivity index (χ2n) is 4.87. The number of nitrogens with zero attached hydrogens (tertiary/aromatic N) is 2. The summed E-state index contributed by atoms with van der Waals surface area (Å²) in [5.41, 5.74) is 0.892. The zero-order valence-corrected chi connectivity index (χ0v) is 11.1. The molecule has 1 aromatic heterocycles. The maximum absolute atomic E-state index is 11.8. The summed E-state index contributed by atoms with van der Waals surface area (Å²) in [5.74, 6) is 0.721. The van der Waals surface area contributed by atoms with Gasteiger partial charge in [0, 0.05) is 18.7 Å². The molecule has 2 amide bonds. The highest BCUT2D eigenvalue weighted by Crippen LogP contribution is 2.16. The summed E-state index contributed by atoms with van der Waals surface area (Å²) >= 11 is 0. The molecule has 6 nitrogen and oxygen atoms in total. The van der Waals surface area contributed by atoms with Crippen LogP contribution in [0, 0.1) is 6.92 Å². The largest absolute Gasteiger partial charge is 0.379 e. The minimum absolute atomic E-state index is 0.113. The highest BCUT2D eigenvalue weighted by molar-refractivity contribution is 5.88. The van der Waals surface area contributed by atoms with Crippen LogP contribution >= 0.6 is 0 Å². The molecule has 0 radical (unpaired) electrons. The van der Waals surface area contributed by atoms with Crippen molar-refractivity contribution in [2.45, 2.75) is 39.3 Å². The van der Waals surface area contributed by atoms with Crippen LogP contribution in [0.5, 0.6) is 0 Å². The van der Waals surface area contributed by atoms with Crippen molar-refractivity contribution < 1.29 is 9.53 Å². The van der Waals surface area contributed by atoms with E-state index in [1.807, 2.05) is 26.8 Å². The smallest absolute Gasteiger partial charge is 0.320 e. The van der Waals surface area contributed by atoms with Gasteiger partial charge in [-0.2, -0.15) is 5.10 Å². The van der Waals surface area contributed by atoms with Crippen LogP contribution in [0.1, 0.15) is 32.0 Å². The van der Waals surface area contributed by atoms with Crippen molar-refractivity contribution in [3.63, 3.8) is 0 Å². The molecular weight excluding hydrogens is 232 g/mol. The fourth-order valence-electron chi connectivity index (χ4n) is 1.99. The number of urea groups is 1. The lowest BCUT2D eigenvalue weighted by molar-refractivity contribution is 0.189. The third-order valence-electron chi connectivity index (χ3n) is 2.85. The Labute approximate surface area is 107 Å². The van der Waals surface area contributed by atoms with E-state index < -0.39 is 0 Å². The van der Waals surface area contributed by atoms with Gasteiger partial charge in [-0.15, -0.1) is 0 Å². The van der Waals surface area contributed by atoms with E-state index in [1.54, 1.807) is 4.68 Å². The van der Waals surface area contributed by atoms with Gasteiger partial charge in [0.25, 0.3) is 0 Å². The summed E-state index contributed by atoms with van der Waals surface area (Å²) in [6.45, 7) is 7.28. The predicted molar refractivity (Wildman–Crippen MR) is 68.7 cm³/mol. The molecule has 1 atom stereocenters. The van der Waals surface area contributed by atoms with Crippen LogP contribution in [-0.4, -0.2) is 35.1 Å². The number of amides is 2. The summed E-state index contributed by atoms with van der Waals surface area (Å²) in [6.07, 6.45) is 0.871. The Morgan fingerprint density at radius 1 is 1.61 bits per heavy atom. The van der Waals surface area contributed by atoms with Crippen molar-refractivity contribution >= 4 is 11.8 Å². The number of ether oxygens (including phenoxy) is 1. The standard InChI is InChI=1S/C12H20N4O2/c1-8(2)16-11(6-9(3)15-16)14-12(17)13-10-4-5-18-7-10/h6,8,10H,4-5,7H2,1-3H3,(H2,13,14,17). The van der Waals surface area contributed by atoms with Crippen molar-refractivity contribution in [2.75, 3.05) is 18.5 Å². The van der Waals surface area contributed by atoms with Gasteiger partial charge in [0.1, 0.15) is 5.82 Å². The van der Waals surface area contributed by atoms with Gasteiger partial charge in [-0.25, -0.2) is 9.48 Å². The van der Waals surface area contributed by atoms with E-state index in [0.717, 1.165) is 17.9 Å². The Morgan fingerprint density at radius 2 is 2.39 bits per heavy atom. The second kappa shape index (κ2) is 5.39. The molecule has 2 N–H and O–H groups in total. The Morgan fingerprint density at radius 3 is 3.00 bits per heavy atom. The highest BCUT2D eigenvalue weighted by atomic mass is 16.5. The molecule has 6 heteroatoms. The van der Waals surface area contributed by atoms with Gasteiger partial charge in [-0.05, 0) is 27.2 Å². The molecule has 0 spiro atoms. The molecule has 1 fully saturated rings. The van der Waals surface area contributed by atoms with Gasteiger partial charge in [-0.1, -0.05) is 0 Å². The number of carbonyl (C=O) groups excluding carboxylic acids is 1. The zero-order valence-electron chi connectivity index (χ0n) is 11.1. The summed E-state index contributed by atoms with van der Waals surface area (Å²) < 4.78 is 7.02. The number of hydrogen-bond donors (Lipinski definition) is 2. The number of rotatable bonds is 3. The Bertz CT molecular complexity index is 422. The molecule has 2 heterocycles. The molecule has 1 aliphatic rings. The summed E-state index contributed by atoms with van der Waals surface area (Å²) in [6, 6.07) is 1.99. The van der Waals surface area contributed by atoms with E-state index in [4.69, 9.17) is 4.74 Å². The monoisotopic (exact) mass is 252 g/mol. The van der Waals surface area contributed by atoms with Crippen LogP contribution in [0.2, 0.25) is 0 Å². The van der Waals surface area contributed by atoms with Gasteiger partial charge in [0.2, 0.25) is 0 Å². The zero-order chi connectivity index (χ0) is 13.1. The molecule has 2 rings (SSSR count). The van der Waals surface area contributed by atoms with Gasteiger partial charge < -0.3 is 10.1 Å². The van der Waals surface area contributed by atoms with Gasteiger partial charge in [0.05, 0.1) is 18.3 Å². The normalized spacial score (nSPS) is 19.2. The first-order valence-corrected chi connectivity index (χ1v) is 6.27.